The third-order valence-corrected chi connectivity index (χ3v) is 2.72. The number of rotatable bonds is 3. The molecule has 0 aromatic heterocycles. The Morgan fingerprint density at radius 3 is 2.85 bits per heavy atom. The van der Waals surface area contributed by atoms with Gasteiger partial charge in [0.15, 0.2) is 11.6 Å². The molecule has 0 bridgehead atoms. The van der Waals surface area contributed by atoms with Crippen molar-refractivity contribution in [1.29, 1.82) is 0 Å². The van der Waals surface area contributed by atoms with Crippen molar-refractivity contribution in [2.45, 2.75) is 13.3 Å². The molecule has 0 saturated heterocycles. The van der Waals surface area contributed by atoms with Crippen LogP contribution in [0.3, 0.4) is 0 Å². The predicted molar refractivity (Wildman–Crippen MR) is 54.9 cm³/mol. The summed E-state index contributed by atoms with van der Waals surface area (Å²) in [7, 11) is 0. The molecule has 0 radical (unpaired) electrons. The molecular formula is C9H9BrClFO. The van der Waals surface area contributed by atoms with Crippen LogP contribution in [0.25, 0.3) is 0 Å². The molecule has 0 aliphatic rings. The Balaban J connectivity index is 2.90. The zero-order valence-electron chi connectivity index (χ0n) is 7.11. The Labute approximate surface area is 90.0 Å². The number of hydrogen-bond donors (Lipinski definition) is 0. The summed E-state index contributed by atoms with van der Waals surface area (Å²) in [6.07, 6.45) is 0.840. The molecule has 4 heteroatoms. The van der Waals surface area contributed by atoms with Gasteiger partial charge in [0.2, 0.25) is 0 Å². The molecule has 72 valence electrons. The van der Waals surface area contributed by atoms with Crippen LogP contribution in [-0.4, -0.2) is 6.61 Å². The van der Waals surface area contributed by atoms with Crippen molar-refractivity contribution >= 4 is 27.5 Å². The molecule has 1 aromatic carbocycles. The molecule has 0 N–H and O–H groups in total. The van der Waals surface area contributed by atoms with Crippen molar-refractivity contribution in [2.24, 2.45) is 0 Å². The van der Waals surface area contributed by atoms with Gasteiger partial charge in [-0.1, -0.05) is 18.5 Å². The summed E-state index contributed by atoms with van der Waals surface area (Å²) in [5, 5.41) is 0.0635. The fourth-order valence-electron chi connectivity index (χ4n) is 0.832. The second kappa shape index (κ2) is 4.82. The number of halogens is 3. The van der Waals surface area contributed by atoms with Crippen LogP contribution in [0.4, 0.5) is 4.39 Å². The van der Waals surface area contributed by atoms with Crippen LogP contribution in [0.1, 0.15) is 13.3 Å². The first-order chi connectivity index (χ1) is 6.16. The molecule has 1 aromatic rings. The van der Waals surface area contributed by atoms with Gasteiger partial charge in [-0.3, -0.25) is 0 Å². The first-order valence-electron chi connectivity index (χ1n) is 3.93. The van der Waals surface area contributed by atoms with E-state index in [2.05, 4.69) is 15.9 Å². The Morgan fingerprint density at radius 1 is 1.54 bits per heavy atom. The summed E-state index contributed by atoms with van der Waals surface area (Å²) in [4.78, 5) is 0. The second-order valence-electron chi connectivity index (χ2n) is 2.52. The fourth-order valence-corrected chi connectivity index (χ4v) is 1.29. The molecular weight excluding hydrogens is 258 g/mol. The van der Waals surface area contributed by atoms with Crippen molar-refractivity contribution in [2.75, 3.05) is 6.61 Å². The molecule has 0 amide bonds. The van der Waals surface area contributed by atoms with E-state index in [0.717, 1.165) is 6.42 Å². The lowest BCUT2D eigenvalue weighted by Gasteiger charge is -2.07. The maximum atomic E-state index is 13.3. The molecule has 0 atom stereocenters. The Kier molecular flexibility index (Phi) is 4.00. The number of ether oxygens (including phenoxy) is 1. The monoisotopic (exact) mass is 266 g/mol. The van der Waals surface area contributed by atoms with Crippen LogP contribution in [0.15, 0.2) is 16.6 Å². The molecule has 1 nitrogen and oxygen atoms in total. The van der Waals surface area contributed by atoms with Gasteiger partial charge in [-0.05, 0) is 34.5 Å². The van der Waals surface area contributed by atoms with E-state index in [1.165, 1.54) is 0 Å². The van der Waals surface area contributed by atoms with Gasteiger partial charge in [0.25, 0.3) is 0 Å². The average Bonchev–Trinajstić information content (AvgIpc) is 2.13. The third kappa shape index (κ3) is 2.58. The molecule has 0 fully saturated rings. The van der Waals surface area contributed by atoms with E-state index in [1.807, 2.05) is 6.92 Å². The zero-order valence-corrected chi connectivity index (χ0v) is 9.45. The van der Waals surface area contributed by atoms with Crippen LogP contribution in [0, 0.1) is 5.82 Å². The summed E-state index contributed by atoms with van der Waals surface area (Å²) in [6.45, 7) is 2.45. The molecule has 0 aliphatic carbocycles. The van der Waals surface area contributed by atoms with E-state index >= 15 is 0 Å². The molecule has 13 heavy (non-hydrogen) atoms. The van der Waals surface area contributed by atoms with Crippen LogP contribution in [-0.2, 0) is 0 Å². The van der Waals surface area contributed by atoms with Crippen LogP contribution in [0.2, 0.25) is 5.02 Å². The average molecular weight is 268 g/mol. The molecule has 1 rings (SSSR count). The Hall–Kier alpha value is -0.280. The van der Waals surface area contributed by atoms with E-state index in [1.54, 1.807) is 12.1 Å². The highest BCUT2D eigenvalue weighted by atomic mass is 79.9. The quantitative estimate of drug-likeness (QED) is 0.751. The molecule has 0 saturated carbocycles. The fraction of sp³-hybridized carbons (Fsp3) is 0.333. The summed E-state index contributed by atoms with van der Waals surface area (Å²) < 4.78 is 19.0. The summed E-state index contributed by atoms with van der Waals surface area (Å²) in [5.74, 6) is -0.306. The standard InChI is InChI=1S/C9H9BrClFO/c1-2-5-13-7-4-3-6(10)8(11)9(7)12/h3-4H,2,5H2,1H3. The third-order valence-electron chi connectivity index (χ3n) is 1.46. The van der Waals surface area contributed by atoms with E-state index in [4.69, 9.17) is 16.3 Å². The maximum Gasteiger partial charge on any atom is 0.184 e. The lowest BCUT2D eigenvalue weighted by Crippen LogP contribution is -1.97. The highest BCUT2D eigenvalue weighted by Gasteiger charge is 2.10. The summed E-state index contributed by atoms with van der Waals surface area (Å²) >= 11 is 8.78. The van der Waals surface area contributed by atoms with E-state index in [-0.39, 0.29) is 10.8 Å². The van der Waals surface area contributed by atoms with Gasteiger partial charge in [-0.15, -0.1) is 0 Å². The first-order valence-corrected chi connectivity index (χ1v) is 5.10. The van der Waals surface area contributed by atoms with E-state index < -0.39 is 5.82 Å². The molecule has 0 spiro atoms. The lowest BCUT2D eigenvalue weighted by atomic mass is 10.3. The van der Waals surface area contributed by atoms with Crippen molar-refractivity contribution in [3.8, 4) is 5.75 Å². The second-order valence-corrected chi connectivity index (χ2v) is 3.75. The normalized spacial score (nSPS) is 10.2. The van der Waals surface area contributed by atoms with Crippen molar-refractivity contribution in [1.82, 2.24) is 0 Å². The van der Waals surface area contributed by atoms with Crippen LogP contribution in [0.5, 0.6) is 5.75 Å². The van der Waals surface area contributed by atoms with Crippen molar-refractivity contribution in [3.05, 3.63) is 27.4 Å². The lowest BCUT2D eigenvalue weighted by molar-refractivity contribution is 0.301. The SMILES string of the molecule is CCCOc1ccc(Br)c(Cl)c1F. The number of hydrogen-bond acceptors (Lipinski definition) is 1. The topological polar surface area (TPSA) is 9.23 Å². The van der Waals surface area contributed by atoms with E-state index in [0.29, 0.717) is 11.1 Å². The molecule has 0 heterocycles. The summed E-state index contributed by atoms with van der Waals surface area (Å²) in [6, 6.07) is 3.22. The van der Waals surface area contributed by atoms with Gasteiger partial charge in [-0.25, -0.2) is 4.39 Å². The van der Waals surface area contributed by atoms with Gasteiger partial charge in [-0.2, -0.15) is 0 Å². The van der Waals surface area contributed by atoms with Gasteiger partial charge < -0.3 is 4.74 Å². The van der Waals surface area contributed by atoms with E-state index in [9.17, 15) is 4.39 Å². The Morgan fingerprint density at radius 2 is 2.23 bits per heavy atom. The van der Waals surface area contributed by atoms with Crippen molar-refractivity contribution in [3.63, 3.8) is 0 Å². The number of benzene rings is 1. The van der Waals surface area contributed by atoms with Gasteiger partial charge in [0.05, 0.1) is 11.6 Å². The molecule has 0 aliphatic heterocycles. The minimum Gasteiger partial charge on any atom is -0.490 e. The first kappa shape index (κ1) is 10.8. The van der Waals surface area contributed by atoms with Crippen molar-refractivity contribution < 1.29 is 9.13 Å². The minimum absolute atomic E-state index is 0.0635. The van der Waals surface area contributed by atoms with Gasteiger partial charge in [0.1, 0.15) is 0 Å². The highest BCUT2D eigenvalue weighted by molar-refractivity contribution is 9.10. The zero-order chi connectivity index (χ0) is 9.84. The molecule has 0 unspecified atom stereocenters. The predicted octanol–water partition coefficient (Wildman–Crippen LogP) is 4.03. The highest BCUT2D eigenvalue weighted by Crippen LogP contribution is 2.31. The van der Waals surface area contributed by atoms with Gasteiger partial charge >= 0.3 is 0 Å². The van der Waals surface area contributed by atoms with Crippen LogP contribution < -0.4 is 4.74 Å². The minimum atomic E-state index is -0.510. The smallest absolute Gasteiger partial charge is 0.184 e. The summed E-state index contributed by atoms with van der Waals surface area (Å²) in [5.41, 5.74) is 0. The van der Waals surface area contributed by atoms with Gasteiger partial charge in [0, 0.05) is 4.47 Å². The largest absolute Gasteiger partial charge is 0.490 e. The Bertz CT molecular complexity index is 304. The van der Waals surface area contributed by atoms with Crippen LogP contribution >= 0.6 is 27.5 Å². The maximum absolute atomic E-state index is 13.3.